The Morgan fingerprint density at radius 1 is 1.32 bits per heavy atom. The Balaban J connectivity index is 2.38. The third-order valence-corrected chi connectivity index (χ3v) is 5.91. The molecular formula is C14H17NO3S. The molecule has 0 aromatic heterocycles. The Morgan fingerprint density at radius 3 is 2.74 bits per heavy atom. The lowest BCUT2D eigenvalue weighted by atomic mass is 9.90. The van der Waals surface area contributed by atoms with E-state index in [-0.39, 0.29) is 4.90 Å². The van der Waals surface area contributed by atoms with Crippen LogP contribution in [-0.4, -0.2) is 20.8 Å². The zero-order chi connectivity index (χ0) is 13.9. The van der Waals surface area contributed by atoms with Crippen molar-refractivity contribution in [2.24, 2.45) is 5.92 Å². The van der Waals surface area contributed by atoms with Gasteiger partial charge in [-0.15, -0.1) is 0 Å². The summed E-state index contributed by atoms with van der Waals surface area (Å²) in [6.07, 6.45) is 3.04. The van der Waals surface area contributed by atoms with Crippen LogP contribution in [0.15, 0.2) is 29.2 Å². The minimum Gasteiger partial charge on any atom is -0.497 e. The zero-order valence-electron chi connectivity index (χ0n) is 10.9. The van der Waals surface area contributed by atoms with Crippen LogP contribution in [0.4, 0.5) is 0 Å². The van der Waals surface area contributed by atoms with Crippen LogP contribution >= 0.6 is 0 Å². The van der Waals surface area contributed by atoms with Gasteiger partial charge in [0.25, 0.3) is 0 Å². The van der Waals surface area contributed by atoms with E-state index in [2.05, 4.69) is 6.07 Å². The molecule has 1 aromatic carbocycles. The standard InChI is InChI=1S/C14H17NO3S/c1-18-12-6-4-7-13(9-12)19(16,17)14-8-3-2-5-11(14)10-15/h4,6-7,9,11,14H,2-3,5,8H2,1H3. The summed E-state index contributed by atoms with van der Waals surface area (Å²) in [7, 11) is -1.95. The number of benzene rings is 1. The molecular weight excluding hydrogens is 262 g/mol. The van der Waals surface area contributed by atoms with Crippen molar-refractivity contribution in [2.75, 3.05) is 7.11 Å². The number of nitriles is 1. The molecule has 19 heavy (non-hydrogen) atoms. The third kappa shape index (κ3) is 2.74. The summed E-state index contributed by atoms with van der Waals surface area (Å²) < 4.78 is 30.3. The van der Waals surface area contributed by atoms with E-state index < -0.39 is 21.0 Å². The summed E-state index contributed by atoms with van der Waals surface area (Å²) in [5, 5.41) is 8.55. The van der Waals surface area contributed by atoms with E-state index in [0.717, 1.165) is 12.8 Å². The molecule has 1 aliphatic rings. The van der Waals surface area contributed by atoms with Crippen LogP contribution in [-0.2, 0) is 9.84 Å². The van der Waals surface area contributed by atoms with Crippen LogP contribution < -0.4 is 4.74 Å². The van der Waals surface area contributed by atoms with Crippen molar-refractivity contribution in [3.8, 4) is 11.8 Å². The SMILES string of the molecule is COc1cccc(S(=O)(=O)C2CCCCC2C#N)c1. The van der Waals surface area contributed by atoms with Gasteiger partial charge in [-0.3, -0.25) is 0 Å². The van der Waals surface area contributed by atoms with E-state index in [1.54, 1.807) is 18.2 Å². The molecule has 1 fully saturated rings. The van der Waals surface area contributed by atoms with Crippen LogP contribution in [0.25, 0.3) is 0 Å². The van der Waals surface area contributed by atoms with E-state index in [9.17, 15) is 8.42 Å². The summed E-state index contributed by atoms with van der Waals surface area (Å²) in [5.41, 5.74) is 0. The van der Waals surface area contributed by atoms with Crippen LogP contribution in [0, 0.1) is 17.2 Å². The fraction of sp³-hybridized carbons (Fsp3) is 0.500. The molecule has 102 valence electrons. The predicted molar refractivity (Wildman–Crippen MR) is 71.5 cm³/mol. The van der Waals surface area contributed by atoms with E-state index in [1.807, 2.05) is 0 Å². The van der Waals surface area contributed by atoms with Crippen molar-refractivity contribution in [1.29, 1.82) is 5.26 Å². The van der Waals surface area contributed by atoms with Gasteiger partial charge in [-0.25, -0.2) is 8.42 Å². The minimum atomic E-state index is -3.46. The molecule has 5 heteroatoms. The largest absolute Gasteiger partial charge is 0.497 e. The topological polar surface area (TPSA) is 67.2 Å². The highest BCUT2D eigenvalue weighted by atomic mass is 32.2. The van der Waals surface area contributed by atoms with Gasteiger partial charge in [0.2, 0.25) is 0 Å². The first-order chi connectivity index (χ1) is 9.09. The first-order valence-corrected chi connectivity index (χ1v) is 7.92. The van der Waals surface area contributed by atoms with Crippen LogP contribution in [0.1, 0.15) is 25.7 Å². The summed E-state index contributed by atoms with van der Waals surface area (Å²) in [4.78, 5) is 0.249. The van der Waals surface area contributed by atoms with Gasteiger partial charge in [-0.05, 0) is 31.0 Å². The molecule has 0 heterocycles. The Labute approximate surface area is 113 Å². The maximum absolute atomic E-state index is 12.6. The van der Waals surface area contributed by atoms with E-state index >= 15 is 0 Å². The number of nitrogens with zero attached hydrogens (tertiary/aromatic N) is 1. The van der Waals surface area contributed by atoms with Gasteiger partial charge >= 0.3 is 0 Å². The molecule has 1 aromatic rings. The smallest absolute Gasteiger partial charge is 0.182 e. The Kier molecular flexibility index (Phi) is 4.11. The monoisotopic (exact) mass is 279 g/mol. The van der Waals surface area contributed by atoms with Crippen LogP contribution in [0.5, 0.6) is 5.75 Å². The number of hydrogen-bond donors (Lipinski definition) is 0. The maximum Gasteiger partial charge on any atom is 0.182 e. The lowest BCUT2D eigenvalue weighted by Gasteiger charge is -2.26. The molecule has 2 unspecified atom stereocenters. The van der Waals surface area contributed by atoms with E-state index in [0.29, 0.717) is 18.6 Å². The molecule has 0 bridgehead atoms. The fourth-order valence-corrected chi connectivity index (χ4v) is 4.57. The number of sulfone groups is 1. The van der Waals surface area contributed by atoms with Crippen molar-refractivity contribution in [3.05, 3.63) is 24.3 Å². The van der Waals surface area contributed by atoms with Crippen molar-refractivity contribution in [2.45, 2.75) is 35.8 Å². The molecule has 1 aliphatic carbocycles. The summed E-state index contributed by atoms with van der Waals surface area (Å²) in [6.45, 7) is 0. The average Bonchev–Trinajstić information content (AvgIpc) is 2.47. The van der Waals surface area contributed by atoms with Gasteiger partial charge in [0.05, 0.1) is 29.2 Å². The van der Waals surface area contributed by atoms with Gasteiger partial charge in [0.1, 0.15) is 5.75 Å². The molecule has 2 rings (SSSR count). The quantitative estimate of drug-likeness (QED) is 0.852. The fourth-order valence-electron chi connectivity index (χ4n) is 2.57. The van der Waals surface area contributed by atoms with Gasteiger partial charge in [-0.2, -0.15) is 5.26 Å². The van der Waals surface area contributed by atoms with Crippen molar-refractivity contribution in [1.82, 2.24) is 0 Å². The molecule has 0 aliphatic heterocycles. The summed E-state index contributed by atoms with van der Waals surface area (Å²) in [5.74, 6) is 0.121. The van der Waals surface area contributed by atoms with Gasteiger partial charge in [0, 0.05) is 0 Å². The lowest BCUT2D eigenvalue weighted by molar-refractivity contribution is 0.411. The normalized spacial score (nSPS) is 23.6. The molecule has 2 atom stereocenters. The highest BCUT2D eigenvalue weighted by Crippen LogP contribution is 2.33. The minimum absolute atomic E-state index is 0.249. The zero-order valence-corrected chi connectivity index (χ0v) is 11.7. The summed E-state index contributed by atoms with van der Waals surface area (Å²) in [6, 6.07) is 8.62. The lowest BCUT2D eigenvalue weighted by Crippen LogP contribution is -2.32. The molecule has 0 amide bonds. The third-order valence-electron chi connectivity index (χ3n) is 3.64. The molecule has 0 radical (unpaired) electrons. The first-order valence-electron chi connectivity index (χ1n) is 6.37. The Hall–Kier alpha value is -1.54. The van der Waals surface area contributed by atoms with Gasteiger partial charge < -0.3 is 4.74 Å². The number of methoxy groups -OCH3 is 1. The first kappa shape index (κ1) is 13.9. The second-order valence-electron chi connectivity index (χ2n) is 4.78. The van der Waals surface area contributed by atoms with Crippen LogP contribution in [0.2, 0.25) is 0 Å². The highest BCUT2D eigenvalue weighted by Gasteiger charge is 2.36. The Morgan fingerprint density at radius 2 is 2.05 bits per heavy atom. The number of hydrogen-bond acceptors (Lipinski definition) is 4. The Bertz CT molecular complexity index is 589. The predicted octanol–water partition coefficient (Wildman–Crippen LogP) is 2.55. The number of ether oxygens (including phenoxy) is 1. The molecule has 0 saturated heterocycles. The second-order valence-corrected chi connectivity index (χ2v) is 6.95. The second kappa shape index (κ2) is 5.62. The van der Waals surface area contributed by atoms with Crippen molar-refractivity contribution >= 4 is 9.84 Å². The van der Waals surface area contributed by atoms with E-state index in [4.69, 9.17) is 10.00 Å². The maximum atomic E-state index is 12.6. The average molecular weight is 279 g/mol. The van der Waals surface area contributed by atoms with Gasteiger partial charge in [0.15, 0.2) is 9.84 Å². The van der Waals surface area contributed by atoms with Crippen molar-refractivity contribution in [3.63, 3.8) is 0 Å². The van der Waals surface area contributed by atoms with Crippen molar-refractivity contribution < 1.29 is 13.2 Å². The summed E-state index contributed by atoms with van der Waals surface area (Å²) >= 11 is 0. The molecule has 0 spiro atoms. The molecule has 1 saturated carbocycles. The number of rotatable bonds is 3. The highest BCUT2D eigenvalue weighted by molar-refractivity contribution is 7.92. The molecule has 0 N–H and O–H groups in total. The molecule has 4 nitrogen and oxygen atoms in total. The van der Waals surface area contributed by atoms with E-state index in [1.165, 1.54) is 13.2 Å². The van der Waals surface area contributed by atoms with Gasteiger partial charge in [-0.1, -0.05) is 18.9 Å². The van der Waals surface area contributed by atoms with Crippen LogP contribution in [0.3, 0.4) is 0 Å².